The number of anilines is 1. The molecule has 1 aliphatic rings. The molecule has 0 N–H and O–H groups in total. The van der Waals surface area contributed by atoms with Gasteiger partial charge in [0, 0.05) is 5.02 Å². The number of benzene rings is 2. The zero-order valence-electron chi connectivity index (χ0n) is 12.2. The van der Waals surface area contributed by atoms with Crippen LogP contribution in [0.2, 0.25) is 5.02 Å². The van der Waals surface area contributed by atoms with Crippen LogP contribution in [0.25, 0.3) is 6.08 Å². The van der Waals surface area contributed by atoms with Crippen LogP contribution in [-0.2, 0) is 4.79 Å². The van der Waals surface area contributed by atoms with Crippen molar-refractivity contribution in [3.63, 3.8) is 0 Å². The van der Waals surface area contributed by atoms with Crippen LogP contribution in [0.1, 0.15) is 5.56 Å². The Bertz CT molecular complexity index is 802. The van der Waals surface area contributed by atoms with E-state index in [-0.39, 0.29) is 11.1 Å². The van der Waals surface area contributed by atoms with Crippen molar-refractivity contribution in [1.29, 1.82) is 0 Å². The number of rotatable bonds is 3. The molecule has 0 atom stereocenters. The number of amides is 2. The first-order valence-electron chi connectivity index (χ1n) is 6.76. The first-order valence-corrected chi connectivity index (χ1v) is 7.95. The Kier molecular flexibility index (Phi) is 4.41. The predicted molar refractivity (Wildman–Crippen MR) is 92.9 cm³/mol. The van der Waals surface area contributed by atoms with Gasteiger partial charge in [-0.25, -0.2) is 4.90 Å². The lowest BCUT2D eigenvalue weighted by atomic mass is 10.2. The van der Waals surface area contributed by atoms with Crippen molar-refractivity contribution >= 4 is 46.3 Å². The zero-order valence-corrected chi connectivity index (χ0v) is 13.7. The Hall–Kier alpha value is -2.24. The highest BCUT2D eigenvalue weighted by Gasteiger charge is 2.36. The van der Waals surface area contributed by atoms with E-state index in [1.165, 1.54) is 0 Å². The van der Waals surface area contributed by atoms with Crippen LogP contribution in [0.15, 0.2) is 53.4 Å². The normalized spacial score (nSPS) is 16.3. The summed E-state index contributed by atoms with van der Waals surface area (Å²) in [5.41, 5.74) is 1.29. The Morgan fingerprint density at radius 2 is 1.87 bits per heavy atom. The zero-order chi connectivity index (χ0) is 16.4. The number of carbonyl (C=O) groups excluding carboxylic acids is 2. The second-order valence-corrected chi connectivity index (χ2v) is 6.20. The largest absolute Gasteiger partial charge is 0.497 e. The van der Waals surface area contributed by atoms with E-state index in [1.807, 2.05) is 6.07 Å². The summed E-state index contributed by atoms with van der Waals surface area (Å²) in [6.07, 6.45) is 1.67. The van der Waals surface area contributed by atoms with Crippen LogP contribution >= 0.6 is 23.4 Å². The molecular formula is C17H12ClNO3S. The fraction of sp³-hybridized carbons (Fsp3) is 0.0588. The average molecular weight is 346 g/mol. The molecule has 1 fully saturated rings. The quantitative estimate of drug-likeness (QED) is 0.763. The summed E-state index contributed by atoms with van der Waals surface area (Å²) < 4.78 is 5.08. The summed E-state index contributed by atoms with van der Waals surface area (Å²) in [6, 6.07) is 13.9. The molecule has 0 aliphatic carbocycles. The van der Waals surface area contributed by atoms with Crippen LogP contribution < -0.4 is 9.64 Å². The van der Waals surface area contributed by atoms with Crippen LogP contribution in [-0.4, -0.2) is 18.3 Å². The van der Waals surface area contributed by atoms with E-state index in [2.05, 4.69) is 0 Å². The molecule has 23 heavy (non-hydrogen) atoms. The number of hydrogen-bond acceptors (Lipinski definition) is 4. The molecule has 2 amide bonds. The van der Waals surface area contributed by atoms with Gasteiger partial charge in [0.05, 0.1) is 17.7 Å². The van der Waals surface area contributed by atoms with E-state index in [9.17, 15) is 9.59 Å². The highest BCUT2D eigenvalue weighted by atomic mass is 35.5. The van der Waals surface area contributed by atoms with Crippen molar-refractivity contribution in [2.75, 3.05) is 12.0 Å². The predicted octanol–water partition coefficient (Wildman–Crippen LogP) is 4.59. The van der Waals surface area contributed by atoms with Gasteiger partial charge in [0.1, 0.15) is 5.75 Å². The minimum absolute atomic E-state index is 0.326. The van der Waals surface area contributed by atoms with E-state index in [1.54, 1.807) is 55.7 Å². The number of carbonyl (C=O) groups is 2. The van der Waals surface area contributed by atoms with Crippen molar-refractivity contribution in [3.05, 3.63) is 64.0 Å². The van der Waals surface area contributed by atoms with Gasteiger partial charge in [-0.15, -0.1) is 0 Å². The van der Waals surface area contributed by atoms with Crippen molar-refractivity contribution < 1.29 is 14.3 Å². The number of imide groups is 1. The van der Waals surface area contributed by atoms with Crippen molar-refractivity contribution in [2.24, 2.45) is 0 Å². The Labute approximate surface area is 142 Å². The van der Waals surface area contributed by atoms with Gasteiger partial charge in [0.25, 0.3) is 11.1 Å². The van der Waals surface area contributed by atoms with E-state index in [0.29, 0.717) is 21.4 Å². The van der Waals surface area contributed by atoms with Crippen molar-refractivity contribution in [2.45, 2.75) is 0 Å². The molecule has 0 aromatic heterocycles. The average Bonchev–Trinajstić information content (AvgIpc) is 2.81. The van der Waals surface area contributed by atoms with Crippen LogP contribution in [0.5, 0.6) is 5.75 Å². The van der Waals surface area contributed by atoms with Crippen LogP contribution in [0, 0.1) is 0 Å². The van der Waals surface area contributed by atoms with Crippen LogP contribution in [0.3, 0.4) is 0 Å². The summed E-state index contributed by atoms with van der Waals surface area (Å²) in [4.78, 5) is 26.2. The van der Waals surface area contributed by atoms with Gasteiger partial charge in [-0.05, 0) is 59.8 Å². The lowest BCUT2D eigenvalue weighted by Crippen LogP contribution is -2.27. The van der Waals surface area contributed by atoms with Gasteiger partial charge < -0.3 is 4.74 Å². The molecule has 6 heteroatoms. The number of thioether (sulfide) groups is 1. The first-order chi connectivity index (χ1) is 11.1. The summed E-state index contributed by atoms with van der Waals surface area (Å²) in [6.45, 7) is 0. The number of halogens is 1. The topological polar surface area (TPSA) is 46.6 Å². The molecule has 0 radical (unpaired) electrons. The van der Waals surface area contributed by atoms with Gasteiger partial charge in [0.2, 0.25) is 0 Å². The molecule has 0 saturated carbocycles. The van der Waals surface area contributed by atoms with E-state index >= 15 is 0 Å². The molecule has 2 aromatic rings. The van der Waals surface area contributed by atoms with E-state index in [0.717, 1.165) is 22.2 Å². The molecule has 116 valence electrons. The van der Waals surface area contributed by atoms with Gasteiger partial charge in [-0.2, -0.15) is 0 Å². The Morgan fingerprint density at radius 3 is 2.52 bits per heavy atom. The first kappa shape index (κ1) is 15.6. The van der Waals surface area contributed by atoms with Gasteiger partial charge >= 0.3 is 0 Å². The third-order valence-corrected chi connectivity index (χ3v) is 4.38. The summed E-state index contributed by atoms with van der Waals surface area (Å²) in [5.74, 6) is 0.320. The third kappa shape index (κ3) is 3.25. The highest BCUT2D eigenvalue weighted by molar-refractivity contribution is 8.19. The van der Waals surface area contributed by atoms with E-state index in [4.69, 9.17) is 16.3 Å². The molecule has 1 saturated heterocycles. The number of hydrogen-bond donors (Lipinski definition) is 0. The van der Waals surface area contributed by atoms with Crippen molar-refractivity contribution in [3.8, 4) is 5.75 Å². The molecule has 2 aromatic carbocycles. The molecule has 0 spiro atoms. The fourth-order valence-corrected chi connectivity index (χ4v) is 3.21. The molecule has 1 aliphatic heterocycles. The number of nitrogens with zero attached hydrogens (tertiary/aromatic N) is 1. The maximum absolute atomic E-state index is 12.5. The summed E-state index contributed by atoms with van der Waals surface area (Å²) in [5, 5.41) is 0.251. The minimum atomic E-state index is -0.342. The lowest BCUT2D eigenvalue weighted by molar-refractivity contribution is -0.113. The molecule has 3 rings (SSSR count). The van der Waals surface area contributed by atoms with Crippen LogP contribution in [0.4, 0.5) is 10.5 Å². The fourth-order valence-electron chi connectivity index (χ4n) is 2.17. The molecule has 0 unspecified atom stereocenters. The Balaban J connectivity index is 1.90. The Morgan fingerprint density at radius 1 is 1.13 bits per heavy atom. The molecular weight excluding hydrogens is 334 g/mol. The summed E-state index contributed by atoms with van der Waals surface area (Å²) >= 11 is 6.85. The lowest BCUT2D eigenvalue weighted by Gasteiger charge is -2.12. The minimum Gasteiger partial charge on any atom is -0.497 e. The monoisotopic (exact) mass is 345 g/mol. The molecule has 0 bridgehead atoms. The maximum Gasteiger partial charge on any atom is 0.298 e. The third-order valence-electron chi connectivity index (χ3n) is 3.27. The van der Waals surface area contributed by atoms with Gasteiger partial charge in [-0.3, -0.25) is 9.59 Å². The van der Waals surface area contributed by atoms with Crippen molar-refractivity contribution in [1.82, 2.24) is 0 Å². The molecule has 1 heterocycles. The number of ether oxygens (including phenoxy) is 1. The summed E-state index contributed by atoms with van der Waals surface area (Å²) in [7, 11) is 1.56. The maximum atomic E-state index is 12.5. The second-order valence-electron chi connectivity index (χ2n) is 4.77. The second kappa shape index (κ2) is 6.48. The highest BCUT2D eigenvalue weighted by Crippen LogP contribution is 2.36. The number of methoxy groups -OCH3 is 1. The van der Waals surface area contributed by atoms with E-state index < -0.39 is 0 Å². The smallest absolute Gasteiger partial charge is 0.298 e. The standard InChI is InChI=1S/C17H12ClNO3S/c1-22-14-7-5-13(6-8-14)19-16(20)15(23-17(19)21)10-11-3-2-4-12(18)9-11/h2-10H,1H3/b15-10-. The molecule has 4 nitrogen and oxygen atoms in total. The SMILES string of the molecule is COc1ccc(N2C(=O)S/C(=C\c3cccc(Cl)c3)C2=O)cc1. The van der Waals surface area contributed by atoms with Gasteiger partial charge in [-0.1, -0.05) is 23.7 Å². The van der Waals surface area contributed by atoms with Gasteiger partial charge in [0.15, 0.2) is 0 Å².